The molecule has 1 heterocycles. The number of nitrogens with zero attached hydrogens (tertiary/aromatic N) is 4. The lowest BCUT2D eigenvalue weighted by molar-refractivity contribution is -0.113. The minimum absolute atomic E-state index is 0.139. The van der Waals surface area contributed by atoms with Gasteiger partial charge in [0.15, 0.2) is 0 Å². The van der Waals surface area contributed by atoms with Crippen molar-refractivity contribution in [2.24, 2.45) is 5.10 Å². The van der Waals surface area contributed by atoms with Gasteiger partial charge in [-0.25, -0.2) is 10.1 Å². The molecule has 0 atom stereocenters. The summed E-state index contributed by atoms with van der Waals surface area (Å²) in [6.45, 7) is 3.97. The van der Waals surface area contributed by atoms with Crippen LogP contribution in [0.1, 0.15) is 16.7 Å². The number of hydrazone groups is 1. The number of benzene rings is 3. The van der Waals surface area contributed by atoms with E-state index in [2.05, 4.69) is 26.0 Å². The molecule has 0 unspecified atom stereocenters. The molecule has 35 heavy (non-hydrogen) atoms. The Morgan fingerprint density at radius 2 is 1.86 bits per heavy atom. The van der Waals surface area contributed by atoms with E-state index in [1.165, 1.54) is 16.4 Å². The molecule has 3 aromatic carbocycles. The van der Waals surface area contributed by atoms with Gasteiger partial charge in [0.2, 0.25) is 11.1 Å². The highest BCUT2D eigenvalue weighted by Gasteiger charge is 2.12. The van der Waals surface area contributed by atoms with Crippen LogP contribution < -0.4 is 21.3 Å². The Hall–Kier alpha value is -4.31. The predicted octanol–water partition coefficient (Wildman–Crippen LogP) is 4.58. The summed E-state index contributed by atoms with van der Waals surface area (Å²) in [5.74, 6) is 7.73. The molecule has 178 valence electrons. The zero-order chi connectivity index (χ0) is 24.6. The smallest absolute Gasteiger partial charge is 0.264 e. The van der Waals surface area contributed by atoms with Gasteiger partial charge in [0.05, 0.1) is 12.0 Å². The second kappa shape index (κ2) is 11.2. The monoisotopic (exact) mass is 487 g/mol. The fourth-order valence-electron chi connectivity index (χ4n) is 3.17. The van der Waals surface area contributed by atoms with Crippen molar-refractivity contribution in [3.05, 3.63) is 89.5 Å². The molecule has 4 rings (SSSR count). The summed E-state index contributed by atoms with van der Waals surface area (Å²) in [7, 11) is 0. The molecule has 1 amide bonds. The van der Waals surface area contributed by atoms with Gasteiger partial charge in [-0.1, -0.05) is 59.8 Å². The number of anilines is 2. The van der Waals surface area contributed by atoms with Crippen LogP contribution in [0.5, 0.6) is 11.5 Å². The Bertz CT molecular complexity index is 1340. The minimum Gasteiger partial charge on any atom is -0.457 e. The van der Waals surface area contributed by atoms with Crippen LogP contribution in [0.15, 0.2) is 83.1 Å². The maximum absolute atomic E-state index is 12.3. The standard InChI is InChI=1S/C25H25N7O2S/c1-17-11-12-22(18(2)13-17)28-23(33)16-35-25-31-30-24(32(25)26)29-27-15-19-7-6-10-21(14-19)34-20-8-4-3-5-9-20/h3-15H,16,26H2,1-2H3,(H,28,33)(H,29,30)/b27-15+. The molecule has 0 saturated carbocycles. The topological polar surface area (TPSA) is 119 Å². The van der Waals surface area contributed by atoms with Crippen LogP contribution in [0.4, 0.5) is 11.6 Å². The SMILES string of the molecule is Cc1ccc(NC(=O)CSc2nnc(N/N=C/c3cccc(Oc4ccccc4)c3)n2N)c(C)c1. The van der Waals surface area contributed by atoms with E-state index >= 15 is 0 Å². The van der Waals surface area contributed by atoms with Crippen molar-refractivity contribution in [3.8, 4) is 11.5 Å². The van der Waals surface area contributed by atoms with Gasteiger partial charge in [-0.05, 0) is 55.3 Å². The Kier molecular flexibility index (Phi) is 7.63. The number of thioether (sulfide) groups is 1. The van der Waals surface area contributed by atoms with E-state index in [-0.39, 0.29) is 17.6 Å². The summed E-state index contributed by atoms with van der Waals surface area (Å²) in [5, 5.41) is 15.5. The van der Waals surface area contributed by atoms with Gasteiger partial charge in [-0.3, -0.25) is 4.79 Å². The molecular weight excluding hydrogens is 462 g/mol. The summed E-state index contributed by atoms with van der Waals surface area (Å²) in [5.41, 5.74) is 6.53. The molecule has 4 N–H and O–H groups in total. The van der Waals surface area contributed by atoms with E-state index in [4.69, 9.17) is 10.6 Å². The lowest BCUT2D eigenvalue weighted by Crippen LogP contribution is -2.17. The number of amides is 1. The molecule has 0 spiro atoms. The first-order chi connectivity index (χ1) is 17.0. The fourth-order valence-corrected chi connectivity index (χ4v) is 3.83. The number of carbonyl (C=O) groups is 1. The van der Waals surface area contributed by atoms with Crippen molar-refractivity contribution in [3.63, 3.8) is 0 Å². The van der Waals surface area contributed by atoms with Crippen LogP contribution in [0.25, 0.3) is 0 Å². The molecule has 1 aromatic heterocycles. The quantitative estimate of drug-likeness (QED) is 0.137. The molecule has 0 aliphatic carbocycles. The van der Waals surface area contributed by atoms with Crippen molar-refractivity contribution < 1.29 is 9.53 Å². The lowest BCUT2D eigenvalue weighted by atomic mass is 10.1. The van der Waals surface area contributed by atoms with Crippen molar-refractivity contribution in [2.75, 3.05) is 22.3 Å². The Balaban J connectivity index is 1.30. The lowest BCUT2D eigenvalue weighted by Gasteiger charge is -2.09. The first-order valence-electron chi connectivity index (χ1n) is 10.8. The highest BCUT2D eigenvalue weighted by Crippen LogP contribution is 2.22. The van der Waals surface area contributed by atoms with E-state index in [0.29, 0.717) is 10.9 Å². The van der Waals surface area contributed by atoms with Gasteiger partial charge >= 0.3 is 0 Å². The first-order valence-corrected chi connectivity index (χ1v) is 11.8. The Labute approximate surface area is 207 Å². The Morgan fingerprint density at radius 3 is 2.66 bits per heavy atom. The van der Waals surface area contributed by atoms with Crippen LogP contribution in [0, 0.1) is 13.8 Å². The second-order valence-corrected chi connectivity index (χ2v) is 8.63. The Morgan fingerprint density at radius 1 is 1.06 bits per heavy atom. The van der Waals surface area contributed by atoms with E-state index in [0.717, 1.165) is 28.1 Å². The number of hydrogen-bond donors (Lipinski definition) is 3. The van der Waals surface area contributed by atoms with Crippen LogP contribution in [0.3, 0.4) is 0 Å². The van der Waals surface area contributed by atoms with Crippen molar-refractivity contribution in [2.45, 2.75) is 19.0 Å². The number of nitrogen functional groups attached to an aromatic ring is 1. The number of para-hydroxylation sites is 1. The van der Waals surface area contributed by atoms with E-state index in [1.54, 1.807) is 6.21 Å². The highest BCUT2D eigenvalue weighted by molar-refractivity contribution is 7.99. The zero-order valence-corrected chi connectivity index (χ0v) is 20.1. The number of aromatic nitrogens is 3. The molecule has 4 aromatic rings. The van der Waals surface area contributed by atoms with E-state index in [1.807, 2.05) is 86.6 Å². The summed E-state index contributed by atoms with van der Waals surface area (Å²) in [6, 6.07) is 22.9. The van der Waals surface area contributed by atoms with Crippen LogP contribution in [0.2, 0.25) is 0 Å². The summed E-state index contributed by atoms with van der Waals surface area (Å²) in [6.07, 6.45) is 1.62. The summed E-state index contributed by atoms with van der Waals surface area (Å²) >= 11 is 1.18. The predicted molar refractivity (Wildman–Crippen MR) is 140 cm³/mol. The normalized spacial score (nSPS) is 10.9. The molecule has 0 fully saturated rings. The molecule has 0 saturated heterocycles. The number of nitrogens with two attached hydrogens (primary N) is 1. The number of ether oxygens (including phenoxy) is 1. The van der Waals surface area contributed by atoms with Gasteiger partial charge in [-0.2, -0.15) is 5.10 Å². The van der Waals surface area contributed by atoms with Gasteiger partial charge in [-0.15, -0.1) is 10.2 Å². The van der Waals surface area contributed by atoms with Crippen molar-refractivity contribution in [1.82, 2.24) is 14.9 Å². The summed E-state index contributed by atoms with van der Waals surface area (Å²) in [4.78, 5) is 12.3. The number of nitrogens with one attached hydrogen (secondary N) is 2. The molecule has 0 bridgehead atoms. The molecule has 0 radical (unpaired) electrons. The van der Waals surface area contributed by atoms with Crippen LogP contribution in [-0.4, -0.2) is 32.7 Å². The van der Waals surface area contributed by atoms with Gasteiger partial charge < -0.3 is 15.9 Å². The average molecular weight is 488 g/mol. The number of carbonyl (C=O) groups excluding carboxylic acids is 1. The van der Waals surface area contributed by atoms with E-state index in [9.17, 15) is 4.79 Å². The number of aryl methyl sites for hydroxylation is 2. The van der Waals surface area contributed by atoms with Gasteiger partial charge in [0.25, 0.3) is 5.95 Å². The maximum atomic E-state index is 12.3. The van der Waals surface area contributed by atoms with E-state index < -0.39 is 0 Å². The molecule has 0 aliphatic rings. The summed E-state index contributed by atoms with van der Waals surface area (Å²) < 4.78 is 7.09. The fraction of sp³-hybridized carbons (Fsp3) is 0.120. The average Bonchev–Trinajstić information content (AvgIpc) is 3.20. The number of rotatable bonds is 9. The molecular formula is C25H25N7O2S. The zero-order valence-electron chi connectivity index (χ0n) is 19.3. The highest BCUT2D eigenvalue weighted by atomic mass is 32.2. The van der Waals surface area contributed by atoms with Crippen molar-refractivity contribution in [1.29, 1.82) is 0 Å². The third-order valence-electron chi connectivity index (χ3n) is 4.87. The van der Waals surface area contributed by atoms with Crippen molar-refractivity contribution >= 4 is 35.5 Å². The van der Waals surface area contributed by atoms with Gasteiger partial charge in [0.1, 0.15) is 11.5 Å². The van der Waals surface area contributed by atoms with Crippen LogP contribution in [-0.2, 0) is 4.79 Å². The second-order valence-electron chi connectivity index (χ2n) is 7.69. The molecule has 10 heteroatoms. The third-order valence-corrected chi connectivity index (χ3v) is 5.81. The minimum atomic E-state index is -0.157. The third kappa shape index (κ3) is 6.61. The molecule has 0 aliphatic heterocycles. The maximum Gasteiger partial charge on any atom is 0.264 e. The van der Waals surface area contributed by atoms with Crippen LogP contribution >= 0.6 is 11.8 Å². The number of hydrogen-bond acceptors (Lipinski definition) is 8. The largest absolute Gasteiger partial charge is 0.457 e. The first kappa shape index (κ1) is 23.8. The molecule has 9 nitrogen and oxygen atoms in total. The van der Waals surface area contributed by atoms with Gasteiger partial charge in [0, 0.05) is 5.69 Å².